The zero-order valence-electron chi connectivity index (χ0n) is 14.7. The van der Waals surface area contributed by atoms with Crippen LogP contribution in [0, 0.1) is 15.5 Å². The molecule has 0 fully saturated rings. The van der Waals surface area contributed by atoms with Gasteiger partial charge in [0.15, 0.2) is 0 Å². The van der Waals surface area contributed by atoms with Gasteiger partial charge in [-0.15, -0.1) is 0 Å². The first-order valence-electron chi connectivity index (χ1n) is 7.84. The average Bonchev–Trinajstić information content (AvgIpc) is 2.93. The van der Waals surface area contributed by atoms with E-state index in [1.807, 2.05) is 20.8 Å². The van der Waals surface area contributed by atoms with Crippen LogP contribution in [0.25, 0.3) is 11.3 Å². The van der Waals surface area contributed by atoms with Crippen LogP contribution in [-0.4, -0.2) is 38.4 Å². The molecule has 8 heteroatoms. The summed E-state index contributed by atoms with van der Waals surface area (Å²) in [6, 6.07) is 5.85. The van der Waals surface area contributed by atoms with E-state index in [9.17, 15) is 20.0 Å². The number of hydrogen-bond donors (Lipinski definition) is 2. The highest BCUT2D eigenvalue weighted by Gasteiger charge is 2.24. The number of nitro groups is 1. The number of hydrogen-bond acceptors (Lipinski definition) is 5. The van der Waals surface area contributed by atoms with E-state index in [0.29, 0.717) is 16.8 Å². The quantitative estimate of drug-likeness (QED) is 0.636. The Balaban J connectivity index is 2.22. The van der Waals surface area contributed by atoms with Crippen LogP contribution in [0.3, 0.4) is 0 Å². The molecule has 2 aromatic rings. The second kappa shape index (κ2) is 7.02. The number of aliphatic hydroxyl groups excluding tert-OH is 1. The van der Waals surface area contributed by atoms with Crippen LogP contribution in [-0.2, 0) is 7.05 Å². The van der Waals surface area contributed by atoms with E-state index in [1.165, 1.54) is 16.8 Å². The van der Waals surface area contributed by atoms with Gasteiger partial charge >= 0.3 is 0 Å². The van der Waals surface area contributed by atoms with Gasteiger partial charge in [-0.25, -0.2) is 0 Å². The van der Waals surface area contributed by atoms with E-state index in [4.69, 9.17) is 0 Å². The molecule has 0 aliphatic heterocycles. The first kappa shape index (κ1) is 18.6. The molecule has 1 aromatic heterocycles. The zero-order chi connectivity index (χ0) is 18.8. The van der Waals surface area contributed by atoms with Crippen LogP contribution < -0.4 is 5.32 Å². The molecule has 0 radical (unpaired) electrons. The lowest BCUT2D eigenvalue weighted by atomic mass is 9.89. The van der Waals surface area contributed by atoms with Gasteiger partial charge in [-0.3, -0.25) is 19.6 Å². The smallest absolute Gasteiger partial charge is 0.269 e. The molecule has 0 saturated carbocycles. The summed E-state index contributed by atoms with van der Waals surface area (Å²) in [5.41, 5.74) is 1.01. The van der Waals surface area contributed by atoms with E-state index >= 15 is 0 Å². The third-order valence-electron chi connectivity index (χ3n) is 3.88. The Morgan fingerprint density at radius 1 is 1.36 bits per heavy atom. The topological polar surface area (TPSA) is 110 Å². The molecule has 134 valence electrons. The Labute approximate surface area is 145 Å². The van der Waals surface area contributed by atoms with Crippen LogP contribution in [0.2, 0.25) is 0 Å². The van der Waals surface area contributed by atoms with E-state index in [1.54, 1.807) is 25.4 Å². The van der Waals surface area contributed by atoms with Crippen molar-refractivity contribution >= 4 is 11.6 Å². The number of carbonyl (C=O) groups excluding carboxylic acids is 1. The summed E-state index contributed by atoms with van der Waals surface area (Å²) in [6.07, 6.45) is 0.895. The summed E-state index contributed by atoms with van der Waals surface area (Å²) in [5, 5.41) is 27.8. The molecular weight excluding hydrogens is 324 g/mol. The maximum Gasteiger partial charge on any atom is 0.269 e. The number of nitrogens with zero attached hydrogens (tertiary/aromatic N) is 3. The maximum absolute atomic E-state index is 12.5. The number of aryl methyl sites for hydroxylation is 1. The molecule has 1 atom stereocenters. The van der Waals surface area contributed by atoms with Crippen LogP contribution >= 0.6 is 0 Å². The van der Waals surface area contributed by atoms with E-state index in [-0.39, 0.29) is 23.6 Å². The van der Waals surface area contributed by atoms with Crippen molar-refractivity contribution in [1.82, 2.24) is 15.1 Å². The van der Waals surface area contributed by atoms with Crippen molar-refractivity contribution < 1.29 is 14.8 Å². The minimum Gasteiger partial charge on any atom is -0.391 e. The highest BCUT2D eigenvalue weighted by molar-refractivity contribution is 5.99. The first-order valence-corrected chi connectivity index (χ1v) is 7.84. The summed E-state index contributed by atoms with van der Waals surface area (Å²) in [6.45, 7) is 5.78. The Hall–Kier alpha value is -2.74. The molecule has 1 aromatic carbocycles. The molecular formula is C17H22N4O4. The van der Waals surface area contributed by atoms with Crippen molar-refractivity contribution in [1.29, 1.82) is 0 Å². The number of benzene rings is 1. The monoisotopic (exact) mass is 346 g/mol. The fourth-order valence-electron chi connectivity index (χ4n) is 2.20. The number of rotatable bonds is 5. The third-order valence-corrected chi connectivity index (χ3v) is 3.88. The Morgan fingerprint density at radius 2 is 1.96 bits per heavy atom. The summed E-state index contributed by atoms with van der Waals surface area (Å²) in [7, 11) is 1.69. The van der Waals surface area contributed by atoms with Crippen LogP contribution in [0.4, 0.5) is 5.69 Å². The zero-order valence-corrected chi connectivity index (χ0v) is 14.7. The molecule has 0 bridgehead atoms. The minimum atomic E-state index is -0.684. The molecule has 8 nitrogen and oxygen atoms in total. The number of nitro benzene ring substituents is 1. The molecule has 2 rings (SSSR count). The molecule has 1 heterocycles. The summed E-state index contributed by atoms with van der Waals surface area (Å²) >= 11 is 0. The molecule has 25 heavy (non-hydrogen) atoms. The summed E-state index contributed by atoms with van der Waals surface area (Å²) in [5.74, 6) is -0.357. The van der Waals surface area contributed by atoms with E-state index in [0.717, 1.165) is 0 Å². The third kappa shape index (κ3) is 4.42. The van der Waals surface area contributed by atoms with Gasteiger partial charge in [0.1, 0.15) is 5.69 Å². The second-order valence-electron chi connectivity index (χ2n) is 6.96. The normalized spacial score (nSPS) is 12.7. The van der Waals surface area contributed by atoms with E-state index < -0.39 is 11.0 Å². The Morgan fingerprint density at radius 3 is 2.48 bits per heavy atom. The Bertz CT molecular complexity index is 775. The number of aromatic nitrogens is 2. The van der Waals surface area contributed by atoms with Gasteiger partial charge in [-0.2, -0.15) is 5.10 Å². The summed E-state index contributed by atoms with van der Waals surface area (Å²) in [4.78, 5) is 22.7. The van der Waals surface area contributed by atoms with Gasteiger partial charge in [0.2, 0.25) is 0 Å². The van der Waals surface area contributed by atoms with E-state index in [2.05, 4.69) is 10.4 Å². The van der Waals surface area contributed by atoms with Crippen molar-refractivity contribution in [3.63, 3.8) is 0 Å². The van der Waals surface area contributed by atoms with Crippen molar-refractivity contribution in [2.75, 3.05) is 6.54 Å². The predicted molar refractivity (Wildman–Crippen MR) is 93.1 cm³/mol. The molecule has 2 N–H and O–H groups in total. The van der Waals surface area contributed by atoms with Crippen LogP contribution in [0.5, 0.6) is 0 Å². The van der Waals surface area contributed by atoms with Crippen molar-refractivity contribution in [3.05, 3.63) is 46.1 Å². The molecule has 0 spiro atoms. The highest BCUT2D eigenvalue weighted by atomic mass is 16.6. The van der Waals surface area contributed by atoms with Crippen molar-refractivity contribution in [2.24, 2.45) is 12.5 Å². The van der Waals surface area contributed by atoms with Gasteiger partial charge in [0, 0.05) is 37.5 Å². The minimum absolute atomic E-state index is 0.0287. The fraction of sp³-hybridized carbons (Fsp3) is 0.412. The fourth-order valence-corrected chi connectivity index (χ4v) is 2.20. The molecule has 0 aliphatic carbocycles. The molecule has 1 unspecified atom stereocenters. The maximum atomic E-state index is 12.5. The lowest BCUT2D eigenvalue weighted by Gasteiger charge is -2.25. The van der Waals surface area contributed by atoms with Crippen LogP contribution in [0.15, 0.2) is 30.5 Å². The van der Waals surface area contributed by atoms with Crippen LogP contribution in [0.1, 0.15) is 31.1 Å². The number of amides is 1. The Kier molecular flexibility index (Phi) is 5.22. The number of nitrogens with one attached hydrogen (secondary N) is 1. The molecule has 0 aliphatic rings. The van der Waals surface area contributed by atoms with Crippen molar-refractivity contribution in [2.45, 2.75) is 26.9 Å². The van der Waals surface area contributed by atoms with Gasteiger partial charge in [-0.05, 0) is 17.5 Å². The standard InChI is InChI=1S/C17H22N4O4/c1-17(2,3)14(22)9-18-16(23)13-10-20(4)19-15(13)11-5-7-12(8-6-11)21(24)25/h5-8,10,14,22H,9H2,1-4H3,(H,18,23). The number of carbonyl (C=O) groups is 1. The first-order chi connectivity index (χ1) is 11.6. The number of aliphatic hydroxyl groups is 1. The average molecular weight is 346 g/mol. The van der Waals surface area contributed by atoms with Gasteiger partial charge in [-0.1, -0.05) is 20.8 Å². The largest absolute Gasteiger partial charge is 0.391 e. The van der Waals surface area contributed by atoms with Gasteiger partial charge in [0.25, 0.3) is 11.6 Å². The van der Waals surface area contributed by atoms with Gasteiger partial charge in [0.05, 0.1) is 16.6 Å². The molecule has 1 amide bonds. The van der Waals surface area contributed by atoms with Crippen molar-refractivity contribution in [3.8, 4) is 11.3 Å². The molecule has 0 saturated heterocycles. The number of non-ortho nitro benzene ring substituents is 1. The van der Waals surface area contributed by atoms with Gasteiger partial charge < -0.3 is 10.4 Å². The lowest BCUT2D eigenvalue weighted by Crippen LogP contribution is -2.39. The highest BCUT2D eigenvalue weighted by Crippen LogP contribution is 2.24. The predicted octanol–water partition coefficient (Wildman–Crippen LogP) is 2.13. The second-order valence-corrected chi connectivity index (χ2v) is 6.96. The summed E-state index contributed by atoms with van der Waals surface area (Å²) < 4.78 is 1.51. The SMILES string of the molecule is Cn1cc(C(=O)NCC(O)C(C)(C)C)c(-c2ccc([N+](=O)[O-])cc2)n1. The lowest BCUT2D eigenvalue weighted by molar-refractivity contribution is -0.384.